The summed E-state index contributed by atoms with van der Waals surface area (Å²) in [6.07, 6.45) is 2.89. The molecule has 1 aliphatic heterocycles. The van der Waals surface area contributed by atoms with Crippen LogP contribution in [0.5, 0.6) is 0 Å². The number of piperidine rings is 1. The van der Waals surface area contributed by atoms with Gasteiger partial charge >= 0.3 is 0 Å². The summed E-state index contributed by atoms with van der Waals surface area (Å²) in [6.45, 7) is 2.92. The zero-order chi connectivity index (χ0) is 26.4. The molecule has 0 saturated carbocycles. The largest absolute Gasteiger partial charge is 0.385 e. The summed E-state index contributed by atoms with van der Waals surface area (Å²) < 4.78 is 7.53. The molecule has 1 saturated heterocycles. The molecule has 3 aromatic rings. The second-order valence-electron chi connectivity index (χ2n) is 9.41. The zero-order valence-corrected chi connectivity index (χ0v) is 22.5. The zero-order valence-electron chi connectivity index (χ0n) is 21.0. The van der Waals surface area contributed by atoms with E-state index < -0.39 is 11.9 Å². The predicted octanol–water partition coefficient (Wildman–Crippen LogP) is 4.23. The number of hydrogen-bond donors (Lipinski definition) is 2. The van der Waals surface area contributed by atoms with Gasteiger partial charge in [-0.1, -0.05) is 41.4 Å². The third kappa shape index (κ3) is 6.62. The number of halogens is 2. The Hall–Kier alpha value is -2.65. The van der Waals surface area contributed by atoms with Gasteiger partial charge in [-0.2, -0.15) is 0 Å². The van der Waals surface area contributed by atoms with Crippen LogP contribution in [0, 0.1) is 0 Å². The molecule has 2 heterocycles. The fourth-order valence-electron chi connectivity index (χ4n) is 4.87. The Morgan fingerprint density at radius 1 is 1.19 bits per heavy atom. The first-order valence-electron chi connectivity index (χ1n) is 12.6. The number of nitrogens with two attached hydrogens (primary N) is 1. The van der Waals surface area contributed by atoms with Gasteiger partial charge in [0.25, 0.3) is 5.91 Å². The molecule has 0 spiro atoms. The van der Waals surface area contributed by atoms with E-state index in [2.05, 4.69) is 16.0 Å². The Labute approximate surface area is 227 Å². The second kappa shape index (κ2) is 12.7. The maximum atomic E-state index is 13.1. The maximum absolute atomic E-state index is 13.1. The number of para-hydroxylation sites is 2. The van der Waals surface area contributed by atoms with E-state index in [1.807, 2.05) is 23.1 Å². The van der Waals surface area contributed by atoms with Gasteiger partial charge in [-0.25, -0.2) is 4.98 Å². The van der Waals surface area contributed by atoms with Crippen molar-refractivity contribution >= 4 is 46.0 Å². The van der Waals surface area contributed by atoms with Crippen LogP contribution in [0.15, 0.2) is 42.5 Å². The fourth-order valence-corrected chi connectivity index (χ4v) is 5.44. The van der Waals surface area contributed by atoms with E-state index in [1.54, 1.807) is 25.3 Å². The van der Waals surface area contributed by atoms with Crippen molar-refractivity contribution in [3.05, 3.63) is 63.9 Å². The van der Waals surface area contributed by atoms with Gasteiger partial charge in [-0.3, -0.25) is 9.59 Å². The summed E-state index contributed by atoms with van der Waals surface area (Å²) in [6, 6.07) is 12.5. The van der Waals surface area contributed by atoms with E-state index in [1.165, 1.54) is 0 Å². The molecule has 1 aliphatic rings. The van der Waals surface area contributed by atoms with Crippen LogP contribution in [-0.2, 0) is 16.1 Å². The van der Waals surface area contributed by atoms with Crippen molar-refractivity contribution in [1.29, 1.82) is 0 Å². The Kier molecular flexibility index (Phi) is 9.43. The van der Waals surface area contributed by atoms with E-state index >= 15 is 0 Å². The lowest BCUT2D eigenvalue weighted by Gasteiger charge is -2.33. The van der Waals surface area contributed by atoms with E-state index in [0.29, 0.717) is 19.7 Å². The Morgan fingerprint density at radius 3 is 2.70 bits per heavy atom. The molecular formula is C27H33Cl2N5O3. The van der Waals surface area contributed by atoms with Gasteiger partial charge in [0.05, 0.1) is 26.6 Å². The Bertz CT molecular complexity index is 1230. The van der Waals surface area contributed by atoms with Crippen molar-refractivity contribution in [3.63, 3.8) is 0 Å². The number of aromatic nitrogens is 2. The minimum Gasteiger partial charge on any atom is -0.385 e. The van der Waals surface area contributed by atoms with Crippen LogP contribution in [0.1, 0.15) is 47.8 Å². The summed E-state index contributed by atoms with van der Waals surface area (Å²) in [5.41, 5.74) is 8.49. The van der Waals surface area contributed by atoms with Crippen molar-refractivity contribution < 1.29 is 14.3 Å². The maximum Gasteiger partial charge on any atom is 0.254 e. The van der Waals surface area contributed by atoms with Crippen molar-refractivity contribution in [2.45, 2.75) is 44.2 Å². The van der Waals surface area contributed by atoms with E-state index in [9.17, 15) is 9.59 Å². The first kappa shape index (κ1) is 27.4. The molecule has 8 nitrogen and oxygen atoms in total. The molecule has 2 atom stereocenters. The number of hydrogen-bond acceptors (Lipinski definition) is 5. The fraction of sp³-hybridized carbons (Fsp3) is 0.444. The number of nitrogens with zero attached hydrogens (tertiary/aromatic N) is 3. The van der Waals surface area contributed by atoms with Crippen LogP contribution in [0.25, 0.3) is 11.0 Å². The average molecular weight is 546 g/mol. The van der Waals surface area contributed by atoms with Crippen LogP contribution < -0.4 is 11.1 Å². The van der Waals surface area contributed by atoms with Crippen molar-refractivity contribution in [1.82, 2.24) is 19.8 Å². The van der Waals surface area contributed by atoms with Crippen molar-refractivity contribution in [2.75, 3.05) is 33.4 Å². The van der Waals surface area contributed by atoms with Gasteiger partial charge in [-0.15, -0.1) is 0 Å². The molecule has 10 heteroatoms. The average Bonchev–Trinajstić information content (AvgIpc) is 3.26. The van der Waals surface area contributed by atoms with Crippen LogP contribution in [-0.4, -0.2) is 65.7 Å². The number of carbonyl (C=O) groups excluding carboxylic acids is 2. The molecule has 3 N–H and O–H groups in total. The molecule has 0 radical (unpaired) electrons. The van der Waals surface area contributed by atoms with Crippen LogP contribution in [0.4, 0.5) is 0 Å². The summed E-state index contributed by atoms with van der Waals surface area (Å²) in [4.78, 5) is 32.5. The number of likely N-dealkylation sites (tertiary alicyclic amines) is 1. The number of fused-ring (bicyclic) bond motifs is 1. The summed E-state index contributed by atoms with van der Waals surface area (Å²) in [5, 5.41) is 3.27. The quantitative estimate of drug-likeness (QED) is 0.371. The Morgan fingerprint density at radius 2 is 1.95 bits per heavy atom. The van der Waals surface area contributed by atoms with Gasteiger partial charge < -0.3 is 25.3 Å². The molecule has 198 valence electrons. The van der Waals surface area contributed by atoms with E-state index in [0.717, 1.165) is 42.7 Å². The highest BCUT2D eigenvalue weighted by Gasteiger charge is 2.29. The first-order valence-corrected chi connectivity index (χ1v) is 13.3. The minimum absolute atomic E-state index is 0.0238. The van der Waals surface area contributed by atoms with Crippen molar-refractivity contribution in [2.24, 2.45) is 5.73 Å². The number of methoxy groups -OCH3 is 1. The smallest absolute Gasteiger partial charge is 0.254 e. The normalized spacial score (nSPS) is 16.6. The van der Waals surface area contributed by atoms with Gasteiger partial charge in [0.15, 0.2) is 0 Å². The predicted molar refractivity (Wildman–Crippen MR) is 146 cm³/mol. The highest BCUT2D eigenvalue weighted by Crippen LogP contribution is 2.30. The number of carbonyl (C=O) groups is 2. The number of ether oxygens (including phenoxy) is 1. The molecule has 0 aliphatic carbocycles. The number of nitrogens with one attached hydrogen (secondary N) is 1. The van der Waals surface area contributed by atoms with Gasteiger partial charge in [0, 0.05) is 58.3 Å². The molecule has 1 aromatic heterocycles. The minimum atomic E-state index is -0.531. The van der Waals surface area contributed by atoms with Crippen LogP contribution in [0.2, 0.25) is 10.0 Å². The highest BCUT2D eigenvalue weighted by molar-refractivity contribution is 6.39. The molecule has 2 aromatic carbocycles. The number of benzene rings is 2. The van der Waals surface area contributed by atoms with E-state index in [-0.39, 0.29) is 40.4 Å². The first-order chi connectivity index (χ1) is 17.9. The lowest BCUT2D eigenvalue weighted by Crippen LogP contribution is -2.45. The van der Waals surface area contributed by atoms with Gasteiger partial charge in [0.2, 0.25) is 5.91 Å². The number of amides is 2. The van der Waals surface area contributed by atoms with Crippen molar-refractivity contribution in [3.8, 4) is 0 Å². The molecule has 2 unspecified atom stereocenters. The number of imidazole rings is 1. The molecule has 4 rings (SSSR count). The third-order valence-corrected chi connectivity index (χ3v) is 7.33. The summed E-state index contributed by atoms with van der Waals surface area (Å²) >= 11 is 12.2. The second-order valence-corrected chi connectivity index (χ2v) is 10.2. The number of rotatable bonds is 10. The van der Waals surface area contributed by atoms with Gasteiger partial charge in [-0.05, 0) is 43.5 Å². The molecule has 37 heavy (non-hydrogen) atoms. The summed E-state index contributed by atoms with van der Waals surface area (Å²) in [5.74, 6) is 0.724. The lowest BCUT2D eigenvalue weighted by atomic mass is 9.96. The lowest BCUT2D eigenvalue weighted by molar-refractivity contribution is -0.132. The monoisotopic (exact) mass is 545 g/mol. The molecule has 0 bridgehead atoms. The topological polar surface area (TPSA) is 102 Å². The molecular weight excluding hydrogens is 513 g/mol. The van der Waals surface area contributed by atoms with Crippen LogP contribution >= 0.6 is 23.2 Å². The SMILES string of the molecule is COCCCn1c(C2CCCN(C(=O)CC(N)CNC(=O)c3c(Cl)cccc3Cl)C2)nc2ccccc21. The van der Waals surface area contributed by atoms with E-state index in [4.69, 9.17) is 38.7 Å². The standard InChI is InChI=1S/C27H33Cl2N5O3/c1-37-14-6-13-34-23-11-3-2-10-22(23)32-26(34)18-7-5-12-33(17-18)24(35)15-19(30)16-31-27(36)25-20(28)8-4-9-21(25)29/h2-4,8-11,18-19H,5-7,12-17,30H2,1H3,(H,31,36). The third-order valence-electron chi connectivity index (χ3n) is 6.70. The van der Waals surface area contributed by atoms with Gasteiger partial charge in [0.1, 0.15) is 5.82 Å². The molecule has 2 amide bonds. The highest BCUT2D eigenvalue weighted by atomic mass is 35.5. The Balaban J connectivity index is 1.37. The molecule has 1 fully saturated rings. The number of aryl methyl sites for hydroxylation is 1. The van der Waals surface area contributed by atoms with Crippen LogP contribution in [0.3, 0.4) is 0 Å². The summed E-state index contributed by atoms with van der Waals surface area (Å²) in [7, 11) is 1.71.